The first kappa shape index (κ1) is 13.3. The Bertz CT molecular complexity index is 339. The fourth-order valence-corrected chi connectivity index (χ4v) is 1.99. The van der Waals surface area contributed by atoms with E-state index in [9.17, 15) is 5.11 Å². The number of nitrogens with one attached hydrogen (secondary N) is 1. The highest BCUT2D eigenvalue weighted by Crippen LogP contribution is 2.26. The van der Waals surface area contributed by atoms with E-state index in [1.54, 1.807) is 6.07 Å². The normalized spacial score (nSPS) is 13.1. The van der Waals surface area contributed by atoms with Gasteiger partial charge in [0.05, 0.1) is 5.02 Å². The lowest BCUT2D eigenvalue weighted by Gasteiger charge is -2.21. The molecule has 0 heterocycles. The lowest BCUT2D eigenvalue weighted by molar-refractivity contribution is 0.382. The molecule has 1 aromatic carbocycles. The Balaban J connectivity index is 2.64. The molecule has 0 saturated heterocycles. The number of hydrogen-bond acceptors (Lipinski definition) is 2. The van der Waals surface area contributed by atoms with Crippen molar-refractivity contribution in [3.8, 4) is 5.75 Å². The van der Waals surface area contributed by atoms with Crippen molar-refractivity contribution in [1.82, 2.24) is 5.32 Å². The van der Waals surface area contributed by atoms with Crippen LogP contribution in [-0.4, -0.2) is 11.1 Å². The van der Waals surface area contributed by atoms with Crippen LogP contribution < -0.4 is 5.32 Å². The molecule has 0 amide bonds. The predicted octanol–water partition coefficient (Wildman–Crippen LogP) is 3.57. The van der Waals surface area contributed by atoms with Crippen molar-refractivity contribution in [2.24, 2.45) is 5.92 Å². The first-order valence-corrected chi connectivity index (χ1v) is 6.13. The standard InChI is InChI=1S/C13H20ClNO/c1-4-12(9(2)3)15-8-10-6-5-7-11(14)13(10)16/h5-7,9,12,15-16H,4,8H2,1-3H3. The highest BCUT2D eigenvalue weighted by atomic mass is 35.5. The Labute approximate surface area is 103 Å². The number of halogens is 1. The Kier molecular flexibility index (Phi) is 5.10. The molecule has 0 aliphatic rings. The average Bonchev–Trinajstić information content (AvgIpc) is 2.24. The van der Waals surface area contributed by atoms with Crippen molar-refractivity contribution in [1.29, 1.82) is 0 Å². The van der Waals surface area contributed by atoms with Gasteiger partial charge in [0.15, 0.2) is 0 Å². The molecule has 0 aliphatic carbocycles. The fraction of sp³-hybridized carbons (Fsp3) is 0.538. The van der Waals surface area contributed by atoms with Gasteiger partial charge < -0.3 is 10.4 Å². The molecular weight excluding hydrogens is 222 g/mol. The fourth-order valence-electron chi connectivity index (χ4n) is 1.80. The van der Waals surface area contributed by atoms with Gasteiger partial charge in [0.1, 0.15) is 5.75 Å². The highest BCUT2D eigenvalue weighted by Gasteiger charge is 2.11. The average molecular weight is 242 g/mol. The molecule has 1 unspecified atom stereocenters. The van der Waals surface area contributed by atoms with Gasteiger partial charge in [-0.05, 0) is 18.4 Å². The van der Waals surface area contributed by atoms with Crippen LogP contribution in [-0.2, 0) is 6.54 Å². The summed E-state index contributed by atoms with van der Waals surface area (Å²) in [7, 11) is 0. The van der Waals surface area contributed by atoms with Crippen LogP contribution in [0.2, 0.25) is 5.02 Å². The van der Waals surface area contributed by atoms with Gasteiger partial charge in [-0.3, -0.25) is 0 Å². The second kappa shape index (κ2) is 6.12. The van der Waals surface area contributed by atoms with Crippen LogP contribution in [0.1, 0.15) is 32.8 Å². The topological polar surface area (TPSA) is 32.3 Å². The van der Waals surface area contributed by atoms with Crippen LogP contribution >= 0.6 is 11.6 Å². The summed E-state index contributed by atoms with van der Waals surface area (Å²) in [5, 5.41) is 13.6. The molecule has 0 aliphatic heterocycles. The molecule has 3 heteroatoms. The summed E-state index contributed by atoms with van der Waals surface area (Å²) in [6.07, 6.45) is 1.08. The van der Waals surface area contributed by atoms with E-state index in [1.807, 2.05) is 12.1 Å². The van der Waals surface area contributed by atoms with Crippen molar-refractivity contribution < 1.29 is 5.11 Å². The molecule has 0 bridgehead atoms. The van der Waals surface area contributed by atoms with E-state index in [0.29, 0.717) is 23.5 Å². The molecule has 0 radical (unpaired) electrons. The van der Waals surface area contributed by atoms with Crippen LogP contribution in [0, 0.1) is 5.92 Å². The van der Waals surface area contributed by atoms with Crippen LogP contribution in [0.15, 0.2) is 18.2 Å². The molecule has 1 atom stereocenters. The lowest BCUT2D eigenvalue weighted by atomic mass is 10.0. The van der Waals surface area contributed by atoms with E-state index in [-0.39, 0.29) is 5.75 Å². The maximum atomic E-state index is 9.75. The summed E-state index contributed by atoms with van der Waals surface area (Å²) >= 11 is 5.85. The predicted molar refractivity (Wildman–Crippen MR) is 68.9 cm³/mol. The maximum absolute atomic E-state index is 9.75. The van der Waals surface area contributed by atoms with Crippen LogP contribution in [0.25, 0.3) is 0 Å². The van der Waals surface area contributed by atoms with Gasteiger partial charge in [0.2, 0.25) is 0 Å². The zero-order valence-corrected chi connectivity index (χ0v) is 10.9. The van der Waals surface area contributed by atoms with Crippen LogP contribution in [0.3, 0.4) is 0 Å². The quantitative estimate of drug-likeness (QED) is 0.826. The number of phenols is 1. The molecule has 16 heavy (non-hydrogen) atoms. The summed E-state index contributed by atoms with van der Waals surface area (Å²) in [5.74, 6) is 0.779. The van der Waals surface area contributed by atoms with Crippen molar-refractivity contribution in [2.45, 2.75) is 39.8 Å². The van der Waals surface area contributed by atoms with Crippen molar-refractivity contribution in [3.05, 3.63) is 28.8 Å². The summed E-state index contributed by atoms with van der Waals surface area (Å²) < 4.78 is 0. The first-order valence-electron chi connectivity index (χ1n) is 5.76. The first-order chi connectivity index (χ1) is 7.56. The van der Waals surface area contributed by atoms with Gasteiger partial charge in [0, 0.05) is 18.2 Å². The van der Waals surface area contributed by atoms with Gasteiger partial charge in [-0.25, -0.2) is 0 Å². The monoisotopic (exact) mass is 241 g/mol. The van der Waals surface area contributed by atoms with Crippen molar-refractivity contribution in [2.75, 3.05) is 0 Å². The minimum Gasteiger partial charge on any atom is -0.506 e. The smallest absolute Gasteiger partial charge is 0.138 e. The maximum Gasteiger partial charge on any atom is 0.138 e. The minimum absolute atomic E-state index is 0.190. The summed E-state index contributed by atoms with van der Waals surface area (Å²) in [6.45, 7) is 7.20. The number of hydrogen-bond donors (Lipinski definition) is 2. The van der Waals surface area contributed by atoms with Crippen molar-refractivity contribution in [3.63, 3.8) is 0 Å². The van der Waals surface area contributed by atoms with E-state index in [4.69, 9.17) is 11.6 Å². The highest BCUT2D eigenvalue weighted by molar-refractivity contribution is 6.32. The van der Waals surface area contributed by atoms with Gasteiger partial charge in [-0.15, -0.1) is 0 Å². The van der Waals surface area contributed by atoms with Gasteiger partial charge in [-0.1, -0.05) is 44.5 Å². The van der Waals surface area contributed by atoms with E-state index in [1.165, 1.54) is 0 Å². The minimum atomic E-state index is 0.190. The third-order valence-corrected chi connectivity index (χ3v) is 3.17. The molecule has 0 aromatic heterocycles. The number of rotatable bonds is 5. The zero-order valence-electron chi connectivity index (χ0n) is 10.1. The molecular formula is C13H20ClNO. The van der Waals surface area contributed by atoms with E-state index in [0.717, 1.165) is 12.0 Å². The van der Waals surface area contributed by atoms with Crippen LogP contribution in [0.4, 0.5) is 0 Å². The number of phenolic OH excluding ortho intramolecular Hbond substituents is 1. The number of para-hydroxylation sites is 1. The molecule has 1 aromatic rings. The van der Waals surface area contributed by atoms with Gasteiger partial charge in [0.25, 0.3) is 0 Å². The van der Waals surface area contributed by atoms with E-state index >= 15 is 0 Å². The van der Waals surface area contributed by atoms with Crippen LogP contribution in [0.5, 0.6) is 5.75 Å². The second-order valence-electron chi connectivity index (χ2n) is 4.39. The molecule has 0 spiro atoms. The molecule has 2 N–H and O–H groups in total. The molecule has 0 saturated carbocycles. The molecule has 0 fully saturated rings. The SMILES string of the molecule is CCC(NCc1cccc(Cl)c1O)C(C)C. The Morgan fingerprint density at radius 3 is 2.62 bits per heavy atom. The largest absolute Gasteiger partial charge is 0.506 e. The Hall–Kier alpha value is -0.730. The van der Waals surface area contributed by atoms with Gasteiger partial charge >= 0.3 is 0 Å². The molecule has 2 nitrogen and oxygen atoms in total. The zero-order chi connectivity index (χ0) is 12.1. The second-order valence-corrected chi connectivity index (χ2v) is 4.79. The number of benzene rings is 1. The van der Waals surface area contributed by atoms with E-state index in [2.05, 4.69) is 26.1 Å². The Morgan fingerprint density at radius 2 is 2.06 bits per heavy atom. The summed E-state index contributed by atoms with van der Waals surface area (Å²) in [6, 6.07) is 5.91. The Morgan fingerprint density at radius 1 is 1.38 bits per heavy atom. The van der Waals surface area contributed by atoms with E-state index < -0.39 is 0 Å². The summed E-state index contributed by atoms with van der Waals surface area (Å²) in [4.78, 5) is 0. The lowest BCUT2D eigenvalue weighted by Crippen LogP contribution is -2.32. The third-order valence-electron chi connectivity index (χ3n) is 2.87. The molecule has 1 rings (SSSR count). The summed E-state index contributed by atoms with van der Waals surface area (Å²) in [5.41, 5.74) is 0.853. The third kappa shape index (κ3) is 3.39. The number of aromatic hydroxyl groups is 1. The van der Waals surface area contributed by atoms with Crippen molar-refractivity contribution >= 4 is 11.6 Å². The van der Waals surface area contributed by atoms with Gasteiger partial charge in [-0.2, -0.15) is 0 Å². The molecule has 90 valence electrons.